The second kappa shape index (κ2) is 14.1. The van der Waals surface area contributed by atoms with Crippen LogP contribution in [0.3, 0.4) is 0 Å². The van der Waals surface area contributed by atoms with E-state index < -0.39 is 23.7 Å². The molecule has 0 saturated carbocycles. The number of phenolic OH excluding ortho intramolecular Hbond substituents is 1. The summed E-state index contributed by atoms with van der Waals surface area (Å²) in [7, 11) is 0. The number of carbonyl (C=O) groups is 2. The minimum absolute atomic E-state index is 0. The summed E-state index contributed by atoms with van der Waals surface area (Å²) in [6, 6.07) is 20.3. The van der Waals surface area contributed by atoms with Crippen molar-refractivity contribution in [2.45, 2.75) is 19.6 Å². The average molecular weight is 591 g/mol. The lowest BCUT2D eigenvalue weighted by atomic mass is 10.1. The lowest BCUT2D eigenvalue weighted by Crippen LogP contribution is -2.47. The van der Waals surface area contributed by atoms with E-state index in [1.807, 2.05) is 19.1 Å². The molecule has 0 aromatic heterocycles. The lowest BCUT2D eigenvalue weighted by Gasteiger charge is -2.18. The van der Waals surface area contributed by atoms with Gasteiger partial charge >= 0.3 is 18.1 Å². The molecular weight excluding hydrogens is 563 g/mol. The van der Waals surface area contributed by atoms with Gasteiger partial charge < -0.3 is 31.7 Å². The van der Waals surface area contributed by atoms with Gasteiger partial charge in [0.1, 0.15) is 5.75 Å². The molecule has 4 aromatic carbocycles. The number of hydrogen-bond acceptors (Lipinski definition) is 5. The molecule has 0 amide bonds. The number of carboxylic acids is 2. The molecule has 0 spiro atoms. The van der Waals surface area contributed by atoms with Crippen LogP contribution in [0.25, 0.3) is 0 Å². The van der Waals surface area contributed by atoms with Gasteiger partial charge in [-0.05, 0) is 61.5 Å². The van der Waals surface area contributed by atoms with Gasteiger partial charge in [-0.3, -0.25) is 0 Å². The minimum atomic E-state index is -4.64. The normalized spacial score (nSPS) is 10.5. The fourth-order valence-electron chi connectivity index (χ4n) is 3.58. The van der Waals surface area contributed by atoms with Crippen LogP contribution >= 0.6 is 12.4 Å². The second-order valence-electron chi connectivity index (χ2n) is 8.63. The van der Waals surface area contributed by atoms with Crippen molar-refractivity contribution in [3.8, 4) is 5.75 Å². The van der Waals surface area contributed by atoms with E-state index in [-0.39, 0.29) is 46.3 Å². The predicted molar refractivity (Wildman–Crippen MR) is 151 cm³/mol. The molecule has 0 bridgehead atoms. The highest BCUT2D eigenvalue weighted by Gasteiger charge is 2.31. The molecule has 41 heavy (non-hydrogen) atoms. The number of benzene rings is 4. The fraction of sp³-hybridized carbons (Fsp3) is 0.103. The van der Waals surface area contributed by atoms with E-state index in [0.29, 0.717) is 17.9 Å². The maximum absolute atomic E-state index is 13.3. The van der Waals surface area contributed by atoms with Gasteiger partial charge in [0.2, 0.25) is 0 Å². The Morgan fingerprint density at radius 2 is 1.32 bits per heavy atom. The number of quaternary nitrogens is 1. The van der Waals surface area contributed by atoms with Crippen molar-refractivity contribution in [3.63, 3.8) is 0 Å². The first-order chi connectivity index (χ1) is 18.9. The SMILES string of the molecule is Cc1ccc(O)cc1.Cl.[NH3+]Cc1ccc(Nc2cc(C(F)(F)F)ccc2Nc2ccccc2C(=O)O)c(C(=O)O)c1. The number of nitrogens with one attached hydrogen (secondary N) is 2. The van der Waals surface area contributed by atoms with Crippen LogP contribution in [0.1, 0.15) is 37.4 Å². The molecule has 12 heteroatoms. The quantitative estimate of drug-likeness (QED) is 0.145. The number of carboxylic acid groups (broad SMARTS) is 2. The first kappa shape index (κ1) is 32.5. The second-order valence-corrected chi connectivity index (χ2v) is 8.63. The molecule has 0 heterocycles. The average Bonchev–Trinajstić information content (AvgIpc) is 2.91. The van der Waals surface area contributed by atoms with Crippen LogP contribution in [0, 0.1) is 6.92 Å². The van der Waals surface area contributed by atoms with Crippen LogP contribution in [0.2, 0.25) is 0 Å². The van der Waals surface area contributed by atoms with Crippen molar-refractivity contribution in [1.82, 2.24) is 0 Å². The number of alkyl halides is 3. The third-order valence-electron chi connectivity index (χ3n) is 5.68. The molecule has 4 rings (SSSR count). The molecule has 0 fully saturated rings. The number of halogens is 4. The van der Waals surface area contributed by atoms with Gasteiger partial charge in [0.25, 0.3) is 0 Å². The van der Waals surface area contributed by atoms with E-state index in [0.717, 1.165) is 18.2 Å². The Morgan fingerprint density at radius 3 is 1.88 bits per heavy atom. The molecule has 0 unspecified atom stereocenters. The Bertz CT molecular complexity index is 1490. The molecule has 4 aromatic rings. The first-order valence-electron chi connectivity index (χ1n) is 11.9. The summed E-state index contributed by atoms with van der Waals surface area (Å²) in [5.74, 6) is -2.15. The smallest absolute Gasteiger partial charge is 0.416 e. The zero-order valence-electron chi connectivity index (χ0n) is 21.7. The van der Waals surface area contributed by atoms with Crippen LogP contribution in [0.15, 0.2) is 84.9 Å². The van der Waals surface area contributed by atoms with Crippen LogP contribution in [0.5, 0.6) is 5.75 Å². The van der Waals surface area contributed by atoms with Crippen molar-refractivity contribution in [3.05, 3.63) is 113 Å². The van der Waals surface area contributed by atoms with Crippen molar-refractivity contribution in [2.75, 3.05) is 10.6 Å². The number of aromatic carboxylic acids is 2. The number of rotatable bonds is 7. The molecular formula is C29H28ClF3N3O5+. The van der Waals surface area contributed by atoms with Gasteiger partial charge in [-0.25, -0.2) is 9.59 Å². The van der Waals surface area contributed by atoms with E-state index >= 15 is 0 Å². The van der Waals surface area contributed by atoms with Crippen LogP contribution in [0.4, 0.5) is 35.9 Å². The number of aromatic hydroxyl groups is 1. The Balaban J connectivity index is 0.000000563. The Morgan fingerprint density at radius 1 is 0.756 bits per heavy atom. The molecule has 0 aliphatic rings. The Kier molecular flexibility index (Phi) is 11.1. The highest BCUT2D eigenvalue weighted by Crippen LogP contribution is 2.37. The van der Waals surface area contributed by atoms with E-state index in [9.17, 15) is 33.0 Å². The standard InChI is InChI=1S/C22H18F3N3O4.C7H8O.ClH/c23-22(24,25)13-6-8-18(27-16-4-2-1-3-14(16)20(29)30)19(10-13)28-17-7-5-12(11-26)9-15(17)21(31)32;1-6-2-4-7(8)5-3-6;/h1-10,27-28H,11,26H2,(H,29,30)(H,31,32);2-5,8H,1H3;1H/p+1. The van der Waals surface area contributed by atoms with Crippen LogP contribution in [-0.4, -0.2) is 27.3 Å². The van der Waals surface area contributed by atoms with Crippen molar-refractivity contribution < 1.29 is 43.8 Å². The Hall–Kier alpha value is -4.74. The first-order valence-corrected chi connectivity index (χ1v) is 11.9. The Labute approximate surface area is 239 Å². The highest BCUT2D eigenvalue weighted by atomic mass is 35.5. The number of para-hydroxylation sites is 1. The van der Waals surface area contributed by atoms with Gasteiger partial charge in [0.15, 0.2) is 0 Å². The topological polar surface area (TPSA) is 147 Å². The van der Waals surface area contributed by atoms with Crippen molar-refractivity contribution in [1.29, 1.82) is 0 Å². The zero-order valence-corrected chi connectivity index (χ0v) is 22.5. The third-order valence-corrected chi connectivity index (χ3v) is 5.68. The molecule has 0 saturated heterocycles. The molecule has 8 N–H and O–H groups in total. The summed E-state index contributed by atoms with van der Waals surface area (Å²) in [6.07, 6.45) is -4.64. The number of anilines is 4. The number of hydrogen-bond donors (Lipinski definition) is 6. The van der Waals surface area contributed by atoms with Crippen molar-refractivity contribution >= 4 is 47.1 Å². The summed E-state index contributed by atoms with van der Waals surface area (Å²) in [5.41, 5.74) is 4.62. The summed E-state index contributed by atoms with van der Waals surface area (Å²) < 4.78 is 39.9. The summed E-state index contributed by atoms with van der Waals surface area (Å²) in [4.78, 5) is 23.2. The van der Waals surface area contributed by atoms with Gasteiger partial charge in [-0.1, -0.05) is 35.9 Å². The maximum Gasteiger partial charge on any atom is 0.416 e. The number of aryl methyl sites for hydroxylation is 1. The highest BCUT2D eigenvalue weighted by molar-refractivity contribution is 5.98. The maximum atomic E-state index is 13.3. The monoisotopic (exact) mass is 590 g/mol. The van der Waals surface area contributed by atoms with Gasteiger partial charge in [-0.15, -0.1) is 12.4 Å². The van der Waals surface area contributed by atoms with Crippen LogP contribution < -0.4 is 16.4 Å². The molecule has 0 aliphatic carbocycles. The number of phenols is 1. The van der Waals surface area contributed by atoms with Crippen LogP contribution in [-0.2, 0) is 12.7 Å². The van der Waals surface area contributed by atoms with E-state index in [1.165, 1.54) is 35.9 Å². The molecule has 8 nitrogen and oxygen atoms in total. The van der Waals surface area contributed by atoms with E-state index in [1.54, 1.807) is 24.3 Å². The predicted octanol–water partition coefficient (Wildman–Crippen LogP) is 6.45. The summed E-state index contributed by atoms with van der Waals surface area (Å²) in [6.45, 7) is 2.32. The van der Waals surface area contributed by atoms with Crippen molar-refractivity contribution in [2.24, 2.45) is 0 Å². The summed E-state index contributed by atoms with van der Waals surface area (Å²) >= 11 is 0. The molecule has 0 aliphatic heterocycles. The van der Waals surface area contributed by atoms with Gasteiger partial charge in [0, 0.05) is 5.56 Å². The molecule has 0 atom stereocenters. The minimum Gasteiger partial charge on any atom is -0.508 e. The lowest BCUT2D eigenvalue weighted by molar-refractivity contribution is -0.386. The van der Waals surface area contributed by atoms with E-state index in [4.69, 9.17) is 5.11 Å². The zero-order chi connectivity index (χ0) is 29.4. The summed E-state index contributed by atoms with van der Waals surface area (Å²) in [5, 5.41) is 33.2. The third kappa shape index (κ3) is 8.88. The van der Waals surface area contributed by atoms with E-state index in [2.05, 4.69) is 16.4 Å². The fourth-order valence-corrected chi connectivity index (χ4v) is 3.58. The molecule has 216 valence electrons. The largest absolute Gasteiger partial charge is 0.508 e. The van der Waals surface area contributed by atoms with Gasteiger partial charge in [0.05, 0.1) is 46.0 Å². The molecule has 0 radical (unpaired) electrons. The van der Waals surface area contributed by atoms with Gasteiger partial charge in [-0.2, -0.15) is 13.2 Å².